The van der Waals surface area contributed by atoms with Gasteiger partial charge in [-0.15, -0.1) is 0 Å². The number of β-lactam (4-membered cyclic amide) rings is 1. The molecule has 1 saturated carbocycles. The van der Waals surface area contributed by atoms with E-state index in [1.165, 1.54) is 12.1 Å². The van der Waals surface area contributed by atoms with Gasteiger partial charge in [-0.1, -0.05) is 78.9 Å². The maximum atomic E-state index is 13.9. The zero-order valence-electron chi connectivity index (χ0n) is 21.7. The second kappa shape index (κ2) is 9.72. The van der Waals surface area contributed by atoms with Crippen molar-refractivity contribution in [3.8, 4) is 16.9 Å². The average molecular weight is 556 g/mol. The van der Waals surface area contributed by atoms with Crippen molar-refractivity contribution in [3.05, 3.63) is 114 Å². The number of aromatic hydroxyl groups is 1. The zero-order chi connectivity index (χ0) is 28.1. The van der Waals surface area contributed by atoms with Crippen LogP contribution < -0.4 is 10.2 Å². The average Bonchev–Trinajstić information content (AvgIpc) is 2.96. The van der Waals surface area contributed by atoms with E-state index < -0.39 is 29.7 Å². The molecule has 4 aromatic rings. The lowest BCUT2D eigenvalue weighted by Crippen LogP contribution is -2.65. The van der Waals surface area contributed by atoms with Crippen molar-refractivity contribution in [2.75, 3.05) is 4.90 Å². The predicted molar refractivity (Wildman–Crippen MR) is 153 cm³/mol. The van der Waals surface area contributed by atoms with Crippen LogP contribution in [-0.4, -0.2) is 25.9 Å². The summed E-state index contributed by atoms with van der Waals surface area (Å²) in [6.45, 7) is 0. The van der Waals surface area contributed by atoms with E-state index in [1.807, 2.05) is 89.8 Å². The summed E-state index contributed by atoms with van der Waals surface area (Å²) in [6, 6.07) is 30.9. The number of aliphatic hydroxyl groups is 1. The van der Waals surface area contributed by atoms with Gasteiger partial charge in [0.05, 0.1) is 17.1 Å². The molecule has 1 saturated heterocycles. The van der Waals surface area contributed by atoms with Gasteiger partial charge in [0.15, 0.2) is 0 Å². The normalized spacial score (nSPS) is 24.6. The second-order valence-corrected chi connectivity index (χ2v) is 12.4. The van der Waals surface area contributed by atoms with E-state index in [-0.39, 0.29) is 11.9 Å². The number of benzene rings is 4. The number of phenols is 1. The van der Waals surface area contributed by atoms with Gasteiger partial charge in [-0.2, -0.15) is 0 Å². The molecule has 1 atom stereocenters. The summed E-state index contributed by atoms with van der Waals surface area (Å²) in [4.78, 5) is 34.6. The number of hydrogen-bond donors (Lipinski definition) is 4. The van der Waals surface area contributed by atoms with Gasteiger partial charge in [-0.3, -0.25) is 9.36 Å². The van der Waals surface area contributed by atoms with Crippen molar-refractivity contribution >= 4 is 24.5 Å². The lowest BCUT2D eigenvalue weighted by Gasteiger charge is -2.59. The van der Waals surface area contributed by atoms with Crippen molar-refractivity contribution in [2.24, 2.45) is 5.41 Å². The van der Waals surface area contributed by atoms with Gasteiger partial charge in [0.1, 0.15) is 11.1 Å². The van der Waals surface area contributed by atoms with Crippen molar-refractivity contribution in [3.63, 3.8) is 0 Å². The Hall–Kier alpha value is -3.74. The zero-order valence-corrected chi connectivity index (χ0v) is 22.6. The summed E-state index contributed by atoms with van der Waals surface area (Å²) >= 11 is 0. The van der Waals surface area contributed by atoms with E-state index in [0.717, 1.165) is 22.4 Å². The number of carbonyl (C=O) groups excluding carboxylic acids is 1. The van der Waals surface area contributed by atoms with E-state index in [1.54, 1.807) is 6.07 Å². The van der Waals surface area contributed by atoms with Gasteiger partial charge in [0.25, 0.3) is 0 Å². The first-order chi connectivity index (χ1) is 19.1. The van der Waals surface area contributed by atoms with Crippen LogP contribution in [-0.2, 0) is 15.0 Å². The van der Waals surface area contributed by atoms with Gasteiger partial charge >= 0.3 is 7.60 Å². The highest BCUT2D eigenvalue weighted by molar-refractivity contribution is 7.60. The smallest absolute Gasteiger partial charge is 0.359 e. The minimum absolute atomic E-state index is 0.0702. The van der Waals surface area contributed by atoms with Crippen molar-refractivity contribution in [1.82, 2.24) is 0 Å². The fourth-order valence-electron chi connectivity index (χ4n) is 6.42. The van der Waals surface area contributed by atoms with Crippen molar-refractivity contribution < 1.29 is 29.4 Å². The number of phenolic OH excluding ortho intramolecular Hbond substituents is 1. The van der Waals surface area contributed by atoms with Gasteiger partial charge in [-0.05, 0) is 72.2 Å². The van der Waals surface area contributed by atoms with Gasteiger partial charge < -0.3 is 24.9 Å². The monoisotopic (exact) mass is 555 g/mol. The van der Waals surface area contributed by atoms with Gasteiger partial charge in [0, 0.05) is 5.69 Å². The molecule has 8 heteroatoms. The van der Waals surface area contributed by atoms with E-state index in [4.69, 9.17) is 0 Å². The largest absolute Gasteiger partial charge is 0.507 e. The van der Waals surface area contributed by atoms with E-state index in [2.05, 4.69) is 0 Å². The quantitative estimate of drug-likeness (QED) is 0.194. The molecule has 0 radical (unpaired) electrons. The van der Waals surface area contributed by atoms with Crippen LogP contribution in [0.25, 0.3) is 11.1 Å². The lowest BCUT2D eigenvalue weighted by atomic mass is 9.56. The van der Waals surface area contributed by atoms with Crippen molar-refractivity contribution in [2.45, 2.75) is 37.3 Å². The summed E-state index contributed by atoms with van der Waals surface area (Å²) < 4.78 is 11.6. The van der Waals surface area contributed by atoms with Crippen LogP contribution >= 0.6 is 7.60 Å². The minimum atomic E-state index is -4.58. The van der Waals surface area contributed by atoms with Crippen molar-refractivity contribution in [1.29, 1.82) is 0 Å². The van der Waals surface area contributed by atoms with E-state index in [0.29, 0.717) is 31.2 Å². The summed E-state index contributed by atoms with van der Waals surface area (Å²) in [5.41, 5.74) is 2.47. The van der Waals surface area contributed by atoms with Crippen LogP contribution in [0, 0.1) is 5.41 Å². The summed E-state index contributed by atoms with van der Waals surface area (Å²) in [5, 5.41) is 21.3. The number of anilines is 1. The fraction of sp³-hybridized carbons (Fsp3) is 0.219. The molecule has 0 aromatic heterocycles. The number of amides is 1. The summed E-state index contributed by atoms with van der Waals surface area (Å²) in [7, 11) is -4.58. The molecule has 4 aromatic carbocycles. The standard InChI is InChI=1S/C32H30NO6P/c34-27-21-24(15-16-28(27)40(37,38)39)22-11-13-23(14-12-22)29-31(30(35)33(29)26-9-5-2-6-10-26)17-19-32(36,20-18-31)25-7-3-1-4-8-25/h1-16,21,29,34,36H,17-20H2,(H2,37,38,39). The fourth-order valence-corrected chi connectivity index (χ4v) is 7.05. The Balaban J connectivity index is 1.33. The maximum absolute atomic E-state index is 13.9. The molecule has 2 fully saturated rings. The number of para-hydroxylation sites is 1. The lowest BCUT2D eigenvalue weighted by molar-refractivity contribution is -0.149. The number of hydrogen-bond acceptors (Lipinski definition) is 4. The van der Waals surface area contributed by atoms with Crippen LogP contribution in [0.2, 0.25) is 0 Å². The molecule has 40 heavy (non-hydrogen) atoms. The van der Waals surface area contributed by atoms with Gasteiger partial charge in [0.2, 0.25) is 5.91 Å². The van der Waals surface area contributed by atoms with Crippen LogP contribution in [0.1, 0.15) is 42.9 Å². The maximum Gasteiger partial charge on any atom is 0.359 e. The summed E-state index contributed by atoms with van der Waals surface area (Å²) in [5.74, 6) is -0.386. The molecule has 1 aliphatic heterocycles. The number of nitrogens with zero attached hydrogens (tertiary/aromatic N) is 1. The second-order valence-electron chi connectivity index (χ2n) is 10.8. The molecule has 6 rings (SSSR count). The topological polar surface area (TPSA) is 118 Å². The molecule has 1 spiro atoms. The molecule has 2 aliphatic rings. The third-order valence-corrected chi connectivity index (χ3v) is 9.60. The molecule has 4 N–H and O–H groups in total. The SMILES string of the molecule is O=C1N(c2ccccc2)C(c2ccc(-c3ccc(P(=O)(O)O)c(O)c3)cc2)C12CCC(O)(c1ccccc1)CC2. The highest BCUT2D eigenvalue weighted by Crippen LogP contribution is 2.61. The van der Waals surface area contributed by atoms with E-state index in [9.17, 15) is 29.4 Å². The number of rotatable bonds is 5. The van der Waals surface area contributed by atoms with Crippen LogP contribution in [0.3, 0.4) is 0 Å². The first-order valence-corrected chi connectivity index (χ1v) is 14.9. The van der Waals surface area contributed by atoms with E-state index >= 15 is 0 Å². The Kier molecular flexibility index (Phi) is 6.43. The van der Waals surface area contributed by atoms with Gasteiger partial charge in [-0.25, -0.2) is 0 Å². The third kappa shape index (κ3) is 4.36. The Labute approximate surface area is 232 Å². The first kappa shape index (κ1) is 26.5. The predicted octanol–water partition coefficient (Wildman–Crippen LogP) is 5.40. The molecule has 7 nitrogen and oxygen atoms in total. The molecule has 1 amide bonds. The molecule has 1 unspecified atom stereocenters. The first-order valence-electron chi connectivity index (χ1n) is 13.3. The highest BCUT2D eigenvalue weighted by Gasteiger charge is 2.63. The molecule has 204 valence electrons. The third-order valence-electron chi connectivity index (χ3n) is 8.59. The molecular formula is C32H30NO6P. The summed E-state index contributed by atoms with van der Waals surface area (Å²) in [6.07, 6.45) is 2.10. The Morgan fingerprint density at radius 3 is 1.90 bits per heavy atom. The molecular weight excluding hydrogens is 525 g/mol. The molecule has 0 bridgehead atoms. The Morgan fingerprint density at radius 1 is 0.750 bits per heavy atom. The Morgan fingerprint density at radius 2 is 1.32 bits per heavy atom. The Bertz CT molecular complexity index is 1590. The highest BCUT2D eigenvalue weighted by atomic mass is 31.2. The number of carbonyl (C=O) groups is 1. The van der Waals surface area contributed by atoms with Crippen LogP contribution in [0.5, 0.6) is 5.75 Å². The molecule has 1 heterocycles. The van der Waals surface area contributed by atoms with Crippen LogP contribution in [0.15, 0.2) is 103 Å². The molecule has 1 aliphatic carbocycles. The van der Waals surface area contributed by atoms with Crippen LogP contribution in [0.4, 0.5) is 5.69 Å². The minimum Gasteiger partial charge on any atom is -0.507 e.